The highest BCUT2D eigenvalue weighted by atomic mass is 16.3. The fourth-order valence-corrected chi connectivity index (χ4v) is 4.98. The summed E-state index contributed by atoms with van der Waals surface area (Å²) < 4.78 is 8.66. The van der Waals surface area contributed by atoms with E-state index in [0.717, 1.165) is 60.7 Å². The number of rotatable bonds is 2. The molecule has 7 aromatic rings. The molecule has 4 heteroatoms. The Hall–Kier alpha value is -4.88. The second kappa shape index (κ2) is 7.06. The average Bonchev–Trinajstić information content (AvgIpc) is 3.44. The zero-order chi connectivity index (χ0) is 22.6. The lowest BCUT2D eigenvalue weighted by Gasteiger charge is -2.10. The normalized spacial score (nSPS) is 11.5. The summed E-state index contributed by atoms with van der Waals surface area (Å²) in [7, 11) is 0. The molecule has 0 amide bonds. The zero-order valence-electron chi connectivity index (χ0n) is 18.1. The van der Waals surface area contributed by atoms with E-state index in [2.05, 4.69) is 70.2 Å². The van der Waals surface area contributed by atoms with Gasteiger partial charge in [0, 0.05) is 27.4 Å². The van der Waals surface area contributed by atoms with Crippen molar-refractivity contribution in [1.82, 2.24) is 9.55 Å². The molecule has 3 heterocycles. The number of aromatic nitrogens is 2. The number of benzene rings is 4. The molecule has 0 bridgehead atoms. The number of para-hydroxylation sites is 2. The van der Waals surface area contributed by atoms with Gasteiger partial charge in [0.05, 0.1) is 22.1 Å². The molecule has 158 valence electrons. The minimum absolute atomic E-state index is 0.409. The molecule has 0 spiro atoms. The third-order valence-electron chi connectivity index (χ3n) is 6.44. The summed E-state index contributed by atoms with van der Waals surface area (Å²) in [4.78, 5) is 4.49. The quantitative estimate of drug-likeness (QED) is 0.281. The van der Waals surface area contributed by atoms with Crippen LogP contribution in [0.3, 0.4) is 0 Å². The molecule has 0 aliphatic heterocycles. The van der Waals surface area contributed by atoms with Crippen LogP contribution in [0.2, 0.25) is 0 Å². The Morgan fingerprint density at radius 2 is 1.53 bits per heavy atom. The topological polar surface area (TPSA) is 54.8 Å². The van der Waals surface area contributed by atoms with Crippen molar-refractivity contribution in [2.24, 2.45) is 0 Å². The Bertz CT molecular complexity index is 1930. The van der Waals surface area contributed by atoms with Gasteiger partial charge in [0.25, 0.3) is 0 Å². The maximum Gasteiger partial charge on any atom is 0.145 e. The van der Waals surface area contributed by atoms with Crippen LogP contribution in [0.5, 0.6) is 0 Å². The average molecular weight is 435 g/mol. The van der Waals surface area contributed by atoms with Gasteiger partial charge in [-0.15, -0.1) is 0 Å². The number of hydrogen-bond acceptors (Lipinski definition) is 3. The molecule has 4 nitrogen and oxygen atoms in total. The largest absolute Gasteiger partial charge is 0.455 e. The van der Waals surface area contributed by atoms with E-state index in [1.807, 2.05) is 42.5 Å². The molecule has 0 aliphatic carbocycles. The fraction of sp³-hybridized carbons (Fsp3) is 0. The predicted molar refractivity (Wildman–Crippen MR) is 136 cm³/mol. The number of furan rings is 1. The molecule has 7 rings (SSSR count). The Labute approximate surface area is 194 Å². The van der Waals surface area contributed by atoms with Gasteiger partial charge < -0.3 is 8.98 Å². The van der Waals surface area contributed by atoms with Crippen molar-refractivity contribution >= 4 is 43.7 Å². The number of hydrogen-bond donors (Lipinski definition) is 0. The first kappa shape index (κ1) is 18.7. The van der Waals surface area contributed by atoms with E-state index in [0.29, 0.717) is 5.69 Å². The SMILES string of the molecule is N#Cc1cccc(-c2cccc(-n3c4ccccc4c4c5oc6ccccc6c5ccc43)c2)n1. The lowest BCUT2D eigenvalue weighted by atomic mass is 10.1. The van der Waals surface area contributed by atoms with Crippen LogP contribution in [0.4, 0.5) is 0 Å². The number of nitrogens with zero attached hydrogens (tertiary/aromatic N) is 3. The van der Waals surface area contributed by atoms with Gasteiger partial charge in [-0.05, 0) is 48.5 Å². The van der Waals surface area contributed by atoms with E-state index in [1.165, 1.54) is 0 Å². The molecule has 0 fully saturated rings. The third-order valence-corrected chi connectivity index (χ3v) is 6.44. The van der Waals surface area contributed by atoms with Crippen molar-refractivity contribution in [3.05, 3.63) is 109 Å². The Kier molecular flexibility index (Phi) is 3.88. The molecule has 0 radical (unpaired) electrons. The van der Waals surface area contributed by atoms with Gasteiger partial charge in [0.2, 0.25) is 0 Å². The van der Waals surface area contributed by atoms with Crippen LogP contribution in [0.25, 0.3) is 60.7 Å². The van der Waals surface area contributed by atoms with E-state index in [4.69, 9.17) is 4.42 Å². The fourth-order valence-electron chi connectivity index (χ4n) is 4.98. The summed E-state index contributed by atoms with van der Waals surface area (Å²) in [6, 6.07) is 36.9. The van der Waals surface area contributed by atoms with Crippen molar-refractivity contribution in [1.29, 1.82) is 5.26 Å². The Morgan fingerprint density at radius 1 is 0.706 bits per heavy atom. The van der Waals surface area contributed by atoms with Crippen LogP contribution in [-0.4, -0.2) is 9.55 Å². The minimum Gasteiger partial charge on any atom is -0.455 e. The Balaban J connectivity index is 1.55. The molecule has 0 saturated carbocycles. The first-order valence-corrected chi connectivity index (χ1v) is 11.1. The van der Waals surface area contributed by atoms with Crippen molar-refractivity contribution in [2.45, 2.75) is 0 Å². The molecule has 4 aromatic carbocycles. The molecule has 0 saturated heterocycles. The highest BCUT2D eigenvalue weighted by molar-refractivity contribution is 6.23. The second-order valence-corrected chi connectivity index (χ2v) is 8.36. The first-order valence-electron chi connectivity index (χ1n) is 11.1. The van der Waals surface area contributed by atoms with E-state index in [1.54, 1.807) is 6.07 Å². The zero-order valence-corrected chi connectivity index (χ0v) is 18.1. The summed E-state index contributed by atoms with van der Waals surface area (Å²) in [5, 5.41) is 13.8. The van der Waals surface area contributed by atoms with Crippen LogP contribution in [-0.2, 0) is 0 Å². The molecule has 3 aromatic heterocycles. The van der Waals surface area contributed by atoms with Crippen molar-refractivity contribution in [2.75, 3.05) is 0 Å². The van der Waals surface area contributed by atoms with Gasteiger partial charge >= 0.3 is 0 Å². The predicted octanol–water partition coefficient (Wildman–Crippen LogP) is 7.62. The smallest absolute Gasteiger partial charge is 0.145 e. The maximum atomic E-state index is 9.26. The summed E-state index contributed by atoms with van der Waals surface area (Å²) in [5.74, 6) is 0. The summed E-state index contributed by atoms with van der Waals surface area (Å²) >= 11 is 0. The standard InChI is InChI=1S/C30H17N3O/c31-18-20-8-6-12-25(32-20)19-7-5-9-21(17-19)33-26-13-3-1-11-24(26)29-27(33)16-15-23-22-10-2-4-14-28(22)34-30(23)29/h1-17H. The van der Waals surface area contributed by atoms with E-state index >= 15 is 0 Å². The van der Waals surface area contributed by atoms with Crippen LogP contribution >= 0.6 is 0 Å². The summed E-state index contributed by atoms with van der Waals surface area (Å²) in [5.41, 5.74) is 7.19. The van der Waals surface area contributed by atoms with E-state index in [9.17, 15) is 5.26 Å². The first-order chi connectivity index (χ1) is 16.8. The molecule has 0 aliphatic rings. The summed E-state index contributed by atoms with van der Waals surface area (Å²) in [6.07, 6.45) is 0. The highest BCUT2D eigenvalue weighted by Crippen LogP contribution is 2.40. The lowest BCUT2D eigenvalue weighted by molar-refractivity contribution is 0.673. The van der Waals surface area contributed by atoms with Gasteiger partial charge in [-0.25, -0.2) is 4.98 Å². The van der Waals surface area contributed by atoms with Crippen LogP contribution in [0.15, 0.2) is 108 Å². The van der Waals surface area contributed by atoms with Gasteiger partial charge in [0.1, 0.15) is 22.9 Å². The van der Waals surface area contributed by atoms with Crippen molar-refractivity contribution < 1.29 is 4.42 Å². The maximum absolute atomic E-state index is 9.26. The summed E-state index contributed by atoms with van der Waals surface area (Å²) in [6.45, 7) is 0. The number of pyridine rings is 1. The molecular formula is C30H17N3O. The number of nitriles is 1. The molecule has 34 heavy (non-hydrogen) atoms. The Morgan fingerprint density at radius 3 is 2.44 bits per heavy atom. The van der Waals surface area contributed by atoms with Crippen molar-refractivity contribution in [3.63, 3.8) is 0 Å². The second-order valence-electron chi connectivity index (χ2n) is 8.36. The minimum atomic E-state index is 0.409. The molecule has 0 N–H and O–H groups in total. The number of fused-ring (bicyclic) bond motifs is 7. The highest BCUT2D eigenvalue weighted by Gasteiger charge is 2.18. The molecule has 0 atom stereocenters. The van der Waals surface area contributed by atoms with E-state index in [-0.39, 0.29) is 0 Å². The lowest BCUT2D eigenvalue weighted by Crippen LogP contribution is -1.95. The van der Waals surface area contributed by atoms with Crippen LogP contribution < -0.4 is 0 Å². The van der Waals surface area contributed by atoms with Gasteiger partial charge in [-0.2, -0.15) is 5.26 Å². The van der Waals surface area contributed by atoms with Crippen LogP contribution in [0.1, 0.15) is 5.69 Å². The monoisotopic (exact) mass is 435 g/mol. The van der Waals surface area contributed by atoms with Gasteiger partial charge in [0.15, 0.2) is 0 Å². The van der Waals surface area contributed by atoms with Crippen LogP contribution in [0, 0.1) is 11.3 Å². The van der Waals surface area contributed by atoms with Gasteiger partial charge in [-0.3, -0.25) is 0 Å². The molecular weight excluding hydrogens is 418 g/mol. The van der Waals surface area contributed by atoms with Gasteiger partial charge in [-0.1, -0.05) is 54.6 Å². The van der Waals surface area contributed by atoms with E-state index < -0.39 is 0 Å². The van der Waals surface area contributed by atoms with Crippen molar-refractivity contribution in [3.8, 4) is 23.0 Å². The third kappa shape index (κ3) is 2.61. The molecule has 0 unspecified atom stereocenters.